The van der Waals surface area contributed by atoms with Gasteiger partial charge in [0.1, 0.15) is 0 Å². The zero-order chi connectivity index (χ0) is 9.78. The van der Waals surface area contributed by atoms with Crippen molar-refractivity contribution in [2.75, 3.05) is 0 Å². The Kier molecular flexibility index (Phi) is 4.45. The van der Waals surface area contributed by atoms with Gasteiger partial charge in [-0.05, 0) is 19.3 Å². The lowest BCUT2D eigenvalue weighted by Crippen LogP contribution is -2.68. The van der Waals surface area contributed by atoms with Crippen LogP contribution >= 0.6 is 0 Å². The lowest BCUT2D eigenvalue weighted by atomic mass is 9.99. The summed E-state index contributed by atoms with van der Waals surface area (Å²) in [6.45, 7) is 5.36. The summed E-state index contributed by atoms with van der Waals surface area (Å²) in [6, 6.07) is 0. The quantitative estimate of drug-likeness (QED) is 0.412. The normalized spacial score (nSPS) is 11.5. The van der Waals surface area contributed by atoms with Crippen molar-refractivity contribution in [2.45, 2.75) is 46.0 Å². The van der Waals surface area contributed by atoms with Gasteiger partial charge in [-0.3, -0.25) is 5.97 Å². The molecule has 0 fully saturated rings. The van der Waals surface area contributed by atoms with Crippen LogP contribution in [0.15, 0.2) is 11.1 Å². The van der Waals surface area contributed by atoms with Crippen LogP contribution in [0.1, 0.15) is 40.0 Å². The maximum Gasteiger partial charge on any atom is -0.0348 e. The van der Waals surface area contributed by atoms with E-state index in [1.54, 1.807) is 6.92 Å². The number of hydrogen-bond donors (Lipinski definition) is 0. The molecule has 0 saturated carbocycles. The average Bonchev–Trinajstić information content (AvgIpc) is 1.97. The largest absolute Gasteiger partial charge is 0.873 e. The predicted molar refractivity (Wildman–Crippen MR) is 40.6 cm³/mol. The van der Waals surface area contributed by atoms with Gasteiger partial charge in [0.05, 0.1) is 0 Å². The number of allylic oxidation sites excluding steroid dienone is 1. The van der Waals surface area contributed by atoms with Gasteiger partial charge in [-0.2, -0.15) is 0 Å². The molecule has 72 valence electrons. The molecule has 0 amide bonds. The summed E-state index contributed by atoms with van der Waals surface area (Å²) >= 11 is 0. The van der Waals surface area contributed by atoms with Gasteiger partial charge in [-0.1, -0.05) is 26.3 Å². The second-order valence-corrected chi connectivity index (χ2v) is 2.70. The molecule has 0 atom stereocenters. The lowest BCUT2D eigenvalue weighted by Gasteiger charge is -2.60. The Morgan fingerprint density at radius 3 is 1.42 bits per heavy atom. The lowest BCUT2D eigenvalue weighted by molar-refractivity contribution is -0.889. The van der Waals surface area contributed by atoms with Crippen molar-refractivity contribution in [2.24, 2.45) is 0 Å². The monoisotopic (exact) mass is 171 g/mol. The molecule has 0 radical (unpaired) electrons. The van der Waals surface area contributed by atoms with Gasteiger partial charge >= 0.3 is 0 Å². The maximum atomic E-state index is 10.6. The van der Waals surface area contributed by atoms with Crippen LogP contribution in [-0.2, 0) is 0 Å². The molecule has 0 saturated heterocycles. The Morgan fingerprint density at radius 2 is 1.33 bits per heavy atom. The van der Waals surface area contributed by atoms with Gasteiger partial charge in [0.15, 0.2) is 0 Å². The maximum absolute atomic E-state index is 10.6. The minimum absolute atomic E-state index is 0.00694. The molecule has 0 unspecified atom stereocenters. The highest BCUT2D eigenvalue weighted by Gasteiger charge is 2.00. The molecule has 0 rings (SSSR count). The molecule has 0 aromatic carbocycles. The topological polar surface area (TPSA) is 69.2 Å². The first kappa shape index (κ1) is 11.6. The molecule has 0 aliphatic rings. The third-order valence-electron chi connectivity index (χ3n) is 2.00. The van der Waals surface area contributed by atoms with Crippen molar-refractivity contribution in [3.63, 3.8) is 0 Å². The molecular formula is C9H15O3-3. The Labute approximate surface area is 73.4 Å². The highest BCUT2D eigenvalue weighted by atomic mass is 16.7. The fourth-order valence-corrected chi connectivity index (χ4v) is 1.36. The Morgan fingerprint density at radius 1 is 0.917 bits per heavy atom. The number of hydrogen-bond acceptors (Lipinski definition) is 3. The molecule has 12 heavy (non-hydrogen) atoms. The van der Waals surface area contributed by atoms with Gasteiger partial charge in [0.25, 0.3) is 0 Å². The van der Waals surface area contributed by atoms with E-state index in [1.807, 2.05) is 13.8 Å². The second kappa shape index (κ2) is 4.60. The van der Waals surface area contributed by atoms with Crippen molar-refractivity contribution in [3.8, 4) is 0 Å². The Hall–Kier alpha value is -0.380. The highest BCUT2D eigenvalue weighted by Crippen LogP contribution is 2.18. The van der Waals surface area contributed by atoms with Crippen molar-refractivity contribution < 1.29 is 15.3 Å². The molecule has 3 heteroatoms. The van der Waals surface area contributed by atoms with Crippen molar-refractivity contribution >= 4 is 0 Å². The van der Waals surface area contributed by atoms with Crippen LogP contribution < -0.4 is 15.3 Å². The number of rotatable bonds is 4. The van der Waals surface area contributed by atoms with E-state index in [0.29, 0.717) is 12.8 Å². The van der Waals surface area contributed by atoms with Gasteiger partial charge in [0.2, 0.25) is 0 Å². The van der Waals surface area contributed by atoms with Crippen LogP contribution in [-0.4, -0.2) is 5.97 Å². The highest BCUT2D eigenvalue weighted by molar-refractivity contribution is 5.16. The van der Waals surface area contributed by atoms with Gasteiger partial charge in [-0.25, -0.2) is 0 Å². The summed E-state index contributed by atoms with van der Waals surface area (Å²) < 4.78 is 0. The fourth-order valence-electron chi connectivity index (χ4n) is 1.36. The van der Waals surface area contributed by atoms with Crippen LogP contribution in [0, 0.1) is 0 Å². The minimum Gasteiger partial charge on any atom is -0.873 e. The summed E-state index contributed by atoms with van der Waals surface area (Å²) in [4.78, 5) is 0. The van der Waals surface area contributed by atoms with Gasteiger partial charge in [0, 0.05) is 0 Å². The second-order valence-electron chi connectivity index (χ2n) is 2.70. The molecule has 0 heterocycles. The summed E-state index contributed by atoms with van der Waals surface area (Å²) in [5, 5.41) is 31.9. The van der Waals surface area contributed by atoms with E-state index in [2.05, 4.69) is 0 Å². The standard InChI is InChI=1S/C9H15O3/c1-4-7(5-2)8(6-3)9(10,11)12/h4-6H2,1-3H3/q-3. The molecule has 0 aliphatic heterocycles. The van der Waals surface area contributed by atoms with Crippen LogP contribution in [0.3, 0.4) is 0 Å². The summed E-state index contributed by atoms with van der Waals surface area (Å²) in [7, 11) is 0. The van der Waals surface area contributed by atoms with E-state index < -0.39 is 5.97 Å². The molecule has 0 aromatic heterocycles. The summed E-state index contributed by atoms with van der Waals surface area (Å²) in [6.07, 6.45) is 1.51. The van der Waals surface area contributed by atoms with Gasteiger partial charge < -0.3 is 15.3 Å². The molecule has 3 nitrogen and oxygen atoms in total. The zero-order valence-electron chi connectivity index (χ0n) is 7.85. The molecule has 0 aromatic rings. The van der Waals surface area contributed by atoms with Crippen LogP contribution in [0.5, 0.6) is 0 Å². The zero-order valence-corrected chi connectivity index (χ0v) is 7.85. The molecule has 0 N–H and O–H groups in total. The SMILES string of the molecule is CCC(CC)=C(CC)C([O-])([O-])[O-]. The van der Waals surface area contributed by atoms with Crippen molar-refractivity contribution in [1.82, 2.24) is 0 Å². The Bertz CT molecular complexity index is 159. The first-order valence-corrected chi connectivity index (χ1v) is 4.29. The third kappa shape index (κ3) is 2.93. The smallest absolute Gasteiger partial charge is 0.0348 e. The minimum atomic E-state index is -3.38. The molecular weight excluding hydrogens is 156 g/mol. The third-order valence-corrected chi connectivity index (χ3v) is 2.00. The molecule has 0 spiro atoms. The van der Waals surface area contributed by atoms with E-state index >= 15 is 0 Å². The fraction of sp³-hybridized carbons (Fsp3) is 0.778. The first-order valence-electron chi connectivity index (χ1n) is 4.29. The van der Waals surface area contributed by atoms with E-state index in [9.17, 15) is 15.3 Å². The van der Waals surface area contributed by atoms with E-state index in [-0.39, 0.29) is 12.0 Å². The predicted octanol–water partition coefficient (Wildman–Crippen LogP) is -0.752. The van der Waals surface area contributed by atoms with Gasteiger partial charge in [-0.15, -0.1) is 5.57 Å². The van der Waals surface area contributed by atoms with Crippen LogP contribution in [0.2, 0.25) is 0 Å². The first-order chi connectivity index (χ1) is 5.47. The molecule has 0 bridgehead atoms. The molecule has 0 aliphatic carbocycles. The van der Waals surface area contributed by atoms with E-state index in [4.69, 9.17) is 0 Å². The summed E-state index contributed by atoms with van der Waals surface area (Å²) in [5.41, 5.74) is 0.713. The van der Waals surface area contributed by atoms with E-state index in [1.165, 1.54) is 0 Å². The summed E-state index contributed by atoms with van der Waals surface area (Å²) in [5.74, 6) is -3.38. The van der Waals surface area contributed by atoms with E-state index in [0.717, 1.165) is 5.57 Å². The van der Waals surface area contributed by atoms with Crippen molar-refractivity contribution in [3.05, 3.63) is 11.1 Å². The van der Waals surface area contributed by atoms with Crippen LogP contribution in [0.4, 0.5) is 0 Å². The van der Waals surface area contributed by atoms with Crippen molar-refractivity contribution in [1.29, 1.82) is 0 Å². The Balaban J connectivity index is 4.82. The average molecular weight is 171 g/mol. The van der Waals surface area contributed by atoms with Crippen LogP contribution in [0.25, 0.3) is 0 Å².